The predicted molar refractivity (Wildman–Crippen MR) is 166 cm³/mol. The highest BCUT2D eigenvalue weighted by molar-refractivity contribution is 7.92. The summed E-state index contributed by atoms with van der Waals surface area (Å²) in [5.74, 6) is -0.420. The van der Waals surface area contributed by atoms with Crippen LogP contribution in [0.25, 0.3) is 0 Å². The summed E-state index contributed by atoms with van der Waals surface area (Å²) < 4.78 is 26.6. The Hall–Kier alpha value is -3.65. The van der Waals surface area contributed by atoms with E-state index in [0.29, 0.717) is 18.5 Å². The van der Waals surface area contributed by atoms with Gasteiger partial charge in [-0.15, -0.1) is 0 Å². The summed E-state index contributed by atoms with van der Waals surface area (Å²) in [5, 5.41) is 3.08. The third-order valence-corrected chi connectivity index (χ3v) is 8.04. The predicted octanol–water partition coefficient (Wildman–Crippen LogP) is 5.40. The Morgan fingerprint density at radius 3 is 2.07 bits per heavy atom. The number of amides is 2. The van der Waals surface area contributed by atoms with Gasteiger partial charge in [-0.05, 0) is 69.9 Å². The Bertz CT molecular complexity index is 1410. The fourth-order valence-electron chi connectivity index (χ4n) is 4.69. The van der Waals surface area contributed by atoms with E-state index in [0.717, 1.165) is 22.3 Å². The number of benzene rings is 3. The van der Waals surface area contributed by atoms with Crippen LogP contribution in [0.1, 0.15) is 55.9 Å². The molecule has 3 aromatic rings. The van der Waals surface area contributed by atoms with Gasteiger partial charge in [0.25, 0.3) is 0 Å². The molecule has 0 spiro atoms. The molecule has 0 aliphatic carbocycles. The molecule has 0 radical (unpaired) electrons. The van der Waals surface area contributed by atoms with Crippen LogP contribution in [0, 0.1) is 13.8 Å². The molecule has 0 aromatic heterocycles. The van der Waals surface area contributed by atoms with Gasteiger partial charge in [0.05, 0.1) is 11.9 Å². The molecule has 0 aliphatic heterocycles. The molecule has 0 bridgehead atoms. The molecule has 8 heteroatoms. The van der Waals surface area contributed by atoms with E-state index in [4.69, 9.17) is 0 Å². The van der Waals surface area contributed by atoms with Gasteiger partial charge in [0.15, 0.2) is 0 Å². The molecule has 0 unspecified atom stereocenters. The van der Waals surface area contributed by atoms with E-state index in [9.17, 15) is 18.0 Å². The van der Waals surface area contributed by atoms with Crippen molar-refractivity contribution in [2.45, 2.75) is 72.0 Å². The molecule has 1 atom stereocenters. The van der Waals surface area contributed by atoms with Gasteiger partial charge in [-0.3, -0.25) is 13.9 Å². The third kappa shape index (κ3) is 9.74. The van der Waals surface area contributed by atoms with E-state index in [1.807, 2.05) is 101 Å². The molecule has 0 aliphatic rings. The number of rotatable bonds is 12. The highest BCUT2D eigenvalue weighted by atomic mass is 32.2. The number of sulfonamides is 1. The Balaban J connectivity index is 1.91. The maximum Gasteiger partial charge on any atom is 0.243 e. The van der Waals surface area contributed by atoms with Crippen LogP contribution in [-0.2, 0) is 32.6 Å². The van der Waals surface area contributed by atoms with E-state index in [1.54, 1.807) is 17.0 Å². The fraction of sp³-hybridized carbons (Fsp3) is 0.394. The third-order valence-electron chi connectivity index (χ3n) is 6.85. The van der Waals surface area contributed by atoms with Crippen LogP contribution in [-0.4, -0.2) is 49.5 Å². The molecule has 0 saturated heterocycles. The molecule has 0 heterocycles. The fourth-order valence-corrected chi connectivity index (χ4v) is 5.66. The van der Waals surface area contributed by atoms with E-state index < -0.39 is 21.6 Å². The summed E-state index contributed by atoms with van der Waals surface area (Å²) >= 11 is 0. The number of hydrogen-bond donors (Lipinski definition) is 1. The van der Waals surface area contributed by atoms with Crippen molar-refractivity contribution >= 4 is 27.5 Å². The standard InChI is InChI=1S/C33H43N3O4S/c1-25-18-20-29(21-19-25)36(41(6,39)40)22-12-17-31(37)35(24-28-16-11-10-13-26(28)2)30(32(38)34-33(3,4)5)23-27-14-8-7-9-15-27/h7-11,13-16,18-21,30H,12,17,22-24H2,1-6H3,(H,34,38)/t30-/m0/s1. The van der Waals surface area contributed by atoms with Crippen LogP contribution in [0.3, 0.4) is 0 Å². The molecular weight excluding hydrogens is 534 g/mol. The van der Waals surface area contributed by atoms with Gasteiger partial charge in [0.2, 0.25) is 21.8 Å². The SMILES string of the molecule is Cc1ccc(N(CCCC(=O)N(Cc2ccccc2C)[C@@H](Cc2ccccc2)C(=O)NC(C)(C)C)S(C)(=O)=O)cc1. The van der Waals surface area contributed by atoms with Gasteiger partial charge in [0, 0.05) is 31.5 Å². The van der Waals surface area contributed by atoms with E-state index in [-0.39, 0.29) is 31.3 Å². The highest BCUT2D eigenvalue weighted by Gasteiger charge is 2.32. The maximum absolute atomic E-state index is 14.0. The number of carbonyl (C=O) groups excluding carboxylic acids is 2. The molecule has 7 nitrogen and oxygen atoms in total. The largest absolute Gasteiger partial charge is 0.350 e. The first-order chi connectivity index (χ1) is 19.2. The first-order valence-corrected chi connectivity index (χ1v) is 15.8. The van der Waals surface area contributed by atoms with Gasteiger partial charge in [-0.1, -0.05) is 72.3 Å². The smallest absolute Gasteiger partial charge is 0.243 e. The minimum atomic E-state index is -3.55. The van der Waals surface area contributed by atoms with Crippen LogP contribution in [0.5, 0.6) is 0 Å². The summed E-state index contributed by atoms with van der Waals surface area (Å²) in [6, 6.07) is 24.1. The zero-order valence-corrected chi connectivity index (χ0v) is 25.9. The lowest BCUT2D eigenvalue weighted by molar-refractivity contribution is -0.142. The number of aryl methyl sites for hydroxylation is 2. The van der Waals surface area contributed by atoms with Gasteiger partial charge in [-0.25, -0.2) is 8.42 Å². The normalized spacial score (nSPS) is 12.4. The molecule has 41 heavy (non-hydrogen) atoms. The van der Waals surface area contributed by atoms with Crippen molar-refractivity contribution in [3.8, 4) is 0 Å². The number of nitrogens with zero attached hydrogens (tertiary/aromatic N) is 2. The monoisotopic (exact) mass is 577 g/mol. The van der Waals surface area contributed by atoms with Crippen LogP contribution in [0.2, 0.25) is 0 Å². The second kappa shape index (κ2) is 13.8. The lowest BCUT2D eigenvalue weighted by Crippen LogP contribution is -2.54. The second-order valence-electron chi connectivity index (χ2n) is 11.7. The van der Waals surface area contributed by atoms with Crippen molar-refractivity contribution in [3.63, 3.8) is 0 Å². The molecule has 2 amide bonds. The van der Waals surface area contributed by atoms with Crippen LogP contribution in [0.4, 0.5) is 5.69 Å². The zero-order chi connectivity index (χ0) is 30.2. The van der Waals surface area contributed by atoms with Gasteiger partial charge in [0.1, 0.15) is 6.04 Å². The van der Waals surface area contributed by atoms with Crippen LogP contribution >= 0.6 is 0 Å². The van der Waals surface area contributed by atoms with Crippen LogP contribution < -0.4 is 9.62 Å². The highest BCUT2D eigenvalue weighted by Crippen LogP contribution is 2.22. The Morgan fingerprint density at radius 2 is 1.49 bits per heavy atom. The molecule has 3 rings (SSSR count). The van der Waals surface area contributed by atoms with Crippen LogP contribution in [0.15, 0.2) is 78.9 Å². The van der Waals surface area contributed by atoms with Crippen molar-refractivity contribution < 1.29 is 18.0 Å². The molecule has 3 aromatic carbocycles. The first kappa shape index (κ1) is 31.9. The minimum absolute atomic E-state index is 0.0951. The lowest BCUT2D eigenvalue weighted by Gasteiger charge is -2.34. The summed E-state index contributed by atoms with van der Waals surface area (Å²) in [6.07, 6.45) is 1.94. The van der Waals surface area contributed by atoms with Crippen molar-refractivity contribution in [2.24, 2.45) is 0 Å². The quantitative estimate of drug-likeness (QED) is 0.312. The Morgan fingerprint density at radius 1 is 0.878 bits per heavy atom. The maximum atomic E-state index is 14.0. The molecular formula is C33H43N3O4S. The molecule has 0 saturated carbocycles. The van der Waals surface area contributed by atoms with Crippen molar-refractivity contribution in [3.05, 3.63) is 101 Å². The van der Waals surface area contributed by atoms with Gasteiger partial charge >= 0.3 is 0 Å². The number of carbonyl (C=O) groups is 2. The summed E-state index contributed by atoms with van der Waals surface area (Å²) in [4.78, 5) is 29.3. The average Bonchev–Trinajstić information content (AvgIpc) is 2.89. The van der Waals surface area contributed by atoms with E-state index in [1.165, 1.54) is 10.6 Å². The average molecular weight is 578 g/mol. The lowest BCUT2D eigenvalue weighted by atomic mass is 9.99. The zero-order valence-electron chi connectivity index (χ0n) is 25.1. The first-order valence-electron chi connectivity index (χ1n) is 14.0. The topological polar surface area (TPSA) is 86.8 Å². The van der Waals surface area contributed by atoms with Crippen molar-refractivity contribution in [1.82, 2.24) is 10.2 Å². The number of anilines is 1. The summed E-state index contributed by atoms with van der Waals surface area (Å²) in [7, 11) is -3.55. The Kier molecular flexibility index (Phi) is 10.7. The molecule has 0 fully saturated rings. The number of hydrogen-bond acceptors (Lipinski definition) is 4. The molecule has 220 valence electrons. The van der Waals surface area contributed by atoms with E-state index in [2.05, 4.69) is 5.32 Å². The van der Waals surface area contributed by atoms with Gasteiger partial charge in [-0.2, -0.15) is 0 Å². The minimum Gasteiger partial charge on any atom is -0.350 e. The Labute approximate surface area is 245 Å². The van der Waals surface area contributed by atoms with E-state index >= 15 is 0 Å². The summed E-state index contributed by atoms with van der Waals surface area (Å²) in [5.41, 5.74) is 4.05. The second-order valence-corrected chi connectivity index (χ2v) is 13.6. The summed E-state index contributed by atoms with van der Waals surface area (Å²) in [6.45, 7) is 10.1. The van der Waals surface area contributed by atoms with Crippen molar-refractivity contribution in [1.29, 1.82) is 0 Å². The number of nitrogens with one attached hydrogen (secondary N) is 1. The van der Waals surface area contributed by atoms with Gasteiger partial charge < -0.3 is 10.2 Å². The van der Waals surface area contributed by atoms with Crippen molar-refractivity contribution in [2.75, 3.05) is 17.1 Å². The molecule has 1 N–H and O–H groups in total.